The predicted octanol–water partition coefficient (Wildman–Crippen LogP) is 3.13. The fourth-order valence-electron chi connectivity index (χ4n) is 1.47. The first-order chi connectivity index (χ1) is 6.70. The van der Waals surface area contributed by atoms with Gasteiger partial charge in [0.15, 0.2) is 0 Å². The molecule has 1 aromatic heterocycles. The van der Waals surface area contributed by atoms with Gasteiger partial charge in [0.1, 0.15) is 3.70 Å². The minimum atomic E-state index is 0.874. The van der Waals surface area contributed by atoms with Gasteiger partial charge in [-0.15, -0.1) is 6.42 Å². The maximum absolute atomic E-state index is 5.44. The standard InChI is InChI=1S/C12H8IN/c1-3-9-6-8(2)7-10-4-5-11(13)14-12(9)10/h1,4-7H,2H3. The monoisotopic (exact) mass is 293 g/mol. The predicted molar refractivity (Wildman–Crippen MR) is 67.1 cm³/mol. The van der Waals surface area contributed by atoms with Crippen molar-refractivity contribution in [3.8, 4) is 12.3 Å². The van der Waals surface area contributed by atoms with Crippen molar-refractivity contribution in [1.29, 1.82) is 0 Å². The van der Waals surface area contributed by atoms with Crippen molar-refractivity contribution >= 4 is 33.5 Å². The Balaban J connectivity index is 2.90. The summed E-state index contributed by atoms with van der Waals surface area (Å²) in [6.45, 7) is 2.04. The fraction of sp³-hybridized carbons (Fsp3) is 0.0833. The molecule has 2 heteroatoms. The van der Waals surface area contributed by atoms with Crippen molar-refractivity contribution in [3.63, 3.8) is 0 Å². The maximum Gasteiger partial charge on any atom is 0.102 e. The average molecular weight is 293 g/mol. The summed E-state index contributed by atoms with van der Waals surface area (Å²) in [6.07, 6.45) is 5.44. The largest absolute Gasteiger partial charge is 0.241 e. The molecule has 0 aliphatic rings. The van der Waals surface area contributed by atoms with E-state index >= 15 is 0 Å². The van der Waals surface area contributed by atoms with Gasteiger partial charge >= 0.3 is 0 Å². The Hall–Kier alpha value is -1.08. The Kier molecular flexibility index (Phi) is 2.42. The number of hydrogen-bond acceptors (Lipinski definition) is 1. The molecule has 0 bridgehead atoms. The molecule has 1 nitrogen and oxygen atoms in total. The number of aromatic nitrogens is 1. The molecule has 0 saturated heterocycles. The molecule has 0 radical (unpaired) electrons. The molecule has 0 amide bonds. The normalized spacial score (nSPS) is 10.1. The van der Waals surface area contributed by atoms with E-state index in [0.29, 0.717) is 0 Å². The molecule has 0 fully saturated rings. The lowest BCUT2D eigenvalue weighted by Gasteiger charge is -2.02. The van der Waals surface area contributed by atoms with Crippen LogP contribution < -0.4 is 0 Å². The molecule has 68 valence electrons. The molecule has 0 aliphatic carbocycles. The molecule has 1 aromatic carbocycles. The number of hydrogen-bond donors (Lipinski definition) is 0. The van der Waals surface area contributed by atoms with Crippen molar-refractivity contribution in [1.82, 2.24) is 4.98 Å². The zero-order valence-corrected chi connectivity index (χ0v) is 9.87. The van der Waals surface area contributed by atoms with Crippen LogP contribution in [0.5, 0.6) is 0 Å². The van der Waals surface area contributed by atoms with Gasteiger partial charge in [0.05, 0.1) is 11.1 Å². The van der Waals surface area contributed by atoms with Gasteiger partial charge in [-0.2, -0.15) is 0 Å². The van der Waals surface area contributed by atoms with Crippen molar-refractivity contribution in [3.05, 3.63) is 39.1 Å². The second-order valence-corrected chi connectivity index (χ2v) is 4.27. The Bertz CT molecular complexity index is 538. The van der Waals surface area contributed by atoms with E-state index < -0.39 is 0 Å². The lowest BCUT2D eigenvalue weighted by Crippen LogP contribution is -1.88. The molecule has 0 saturated carbocycles. The highest BCUT2D eigenvalue weighted by molar-refractivity contribution is 14.1. The van der Waals surface area contributed by atoms with Crippen molar-refractivity contribution < 1.29 is 0 Å². The molecule has 1 heterocycles. The highest BCUT2D eigenvalue weighted by atomic mass is 127. The van der Waals surface area contributed by atoms with E-state index in [-0.39, 0.29) is 0 Å². The van der Waals surface area contributed by atoms with Crippen LogP contribution in [0, 0.1) is 23.0 Å². The van der Waals surface area contributed by atoms with Crippen LogP contribution in [0.2, 0.25) is 0 Å². The van der Waals surface area contributed by atoms with Crippen molar-refractivity contribution in [2.75, 3.05) is 0 Å². The van der Waals surface area contributed by atoms with Crippen LogP contribution >= 0.6 is 22.6 Å². The van der Waals surface area contributed by atoms with Crippen LogP contribution in [-0.2, 0) is 0 Å². The van der Waals surface area contributed by atoms with Gasteiger partial charge < -0.3 is 0 Å². The number of terminal acetylenes is 1. The smallest absolute Gasteiger partial charge is 0.102 e. The lowest BCUT2D eigenvalue weighted by molar-refractivity contribution is 1.33. The molecular weight excluding hydrogens is 285 g/mol. The molecule has 0 N–H and O–H groups in total. The third-order valence-electron chi connectivity index (χ3n) is 2.06. The SMILES string of the molecule is C#Cc1cc(C)cc2ccc(I)nc12. The zero-order valence-electron chi connectivity index (χ0n) is 7.71. The van der Waals surface area contributed by atoms with Gasteiger partial charge in [0.2, 0.25) is 0 Å². The van der Waals surface area contributed by atoms with Crippen LogP contribution in [0.4, 0.5) is 0 Å². The number of nitrogens with zero attached hydrogens (tertiary/aromatic N) is 1. The number of pyridine rings is 1. The molecule has 2 rings (SSSR count). The third kappa shape index (κ3) is 1.60. The minimum absolute atomic E-state index is 0.874. The van der Waals surface area contributed by atoms with E-state index in [1.54, 1.807) is 0 Å². The highest BCUT2D eigenvalue weighted by Crippen LogP contribution is 2.19. The van der Waals surface area contributed by atoms with Crippen LogP contribution in [0.3, 0.4) is 0 Å². The van der Waals surface area contributed by atoms with Crippen LogP contribution in [0.1, 0.15) is 11.1 Å². The zero-order chi connectivity index (χ0) is 10.1. The first kappa shape index (κ1) is 9.47. The fourth-order valence-corrected chi connectivity index (χ4v) is 1.89. The van der Waals surface area contributed by atoms with Crippen LogP contribution in [0.15, 0.2) is 24.3 Å². The maximum atomic E-state index is 5.44. The summed E-state index contributed by atoms with van der Waals surface area (Å²) in [4.78, 5) is 4.43. The van der Waals surface area contributed by atoms with Crippen LogP contribution in [0.25, 0.3) is 10.9 Å². The number of halogens is 1. The lowest BCUT2D eigenvalue weighted by atomic mass is 10.1. The van der Waals surface area contributed by atoms with Crippen molar-refractivity contribution in [2.24, 2.45) is 0 Å². The highest BCUT2D eigenvalue weighted by Gasteiger charge is 2.02. The summed E-state index contributed by atoms with van der Waals surface area (Å²) in [6, 6.07) is 8.13. The minimum Gasteiger partial charge on any atom is -0.241 e. The Morgan fingerprint density at radius 1 is 1.36 bits per heavy atom. The van der Waals surface area contributed by atoms with Gasteiger partial charge in [0.25, 0.3) is 0 Å². The number of fused-ring (bicyclic) bond motifs is 1. The van der Waals surface area contributed by atoms with Gasteiger partial charge in [-0.05, 0) is 53.3 Å². The summed E-state index contributed by atoms with van der Waals surface area (Å²) < 4.78 is 0.968. The molecule has 14 heavy (non-hydrogen) atoms. The topological polar surface area (TPSA) is 12.9 Å². The summed E-state index contributed by atoms with van der Waals surface area (Å²) in [5, 5.41) is 1.11. The van der Waals surface area contributed by atoms with E-state index in [2.05, 4.69) is 45.6 Å². The first-order valence-electron chi connectivity index (χ1n) is 4.24. The van der Waals surface area contributed by atoms with Gasteiger partial charge in [-0.25, -0.2) is 4.98 Å². The summed E-state index contributed by atoms with van der Waals surface area (Å²) in [7, 11) is 0. The molecule has 0 unspecified atom stereocenters. The summed E-state index contributed by atoms with van der Waals surface area (Å²) >= 11 is 2.19. The number of aryl methyl sites for hydroxylation is 1. The van der Waals surface area contributed by atoms with Crippen LogP contribution in [-0.4, -0.2) is 4.98 Å². The van der Waals surface area contributed by atoms with Gasteiger partial charge in [-0.3, -0.25) is 0 Å². The van der Waals surface area contributed by atoms with Gasteiger partial charge in [-0.1, -0.05) is 12.0 Å². The summed E-state index contributed by atoms with van der Waals surface area (Å²) in [5.74, 6) is 2.67. The van der Waals surface area contributed by atoms with E-state index in [1.807, 2.05) is 19.1 Å². The Morgan fingerprint density at radius 2 is 2.14 bits per heavy atom. The molecule has 0 spiro atoms. The summed E-state index contributed by atoms with van der Waals surface area (Å²) in [5.41, 5.74) is 2.97. The first-order valence-corrected chi connectivity index (χ1v) is 5.32. The van der Waals surface area contributed by atoms with E-state index in [0.717, 1.165) is 20.2 Å². The van der Waals surface area contributed by atoms with E-state index in [1.165, 1.54) is 5.56 Å². The Morgan fingerprint density at radius 3 is 2.86 bits per heavy atom. The number of benzene rings is 1. The molecular formula is C12H8IN. The third-order valence-corrected chi connectivity index (χ3v) is 2.66. The molecule has 0 atom stereocenters. The quantitative estimate of drug-likeness (QED) is 0.413. The van der Waals surface area contributed by atoms with E-state index in [9.17, 15) is 0 Å². The number of rotatable bonds is 0. The average Bonchev–Trinajstić information content (AvgIpc) is 2.17. The van der Waals surface area contributed by atoms with Gasteiger partial charge in [0, 0.05) is 5.39 Å². The van der Waals surface area contributed by atoms with E-state index in [4.69, 9.17) is 6.42 Å². The Labute approximate surface area is 96.7 Å². The second kappa shape index (κ2) is 3.58. The molecule has 0 aliphatic heterocycles. The van der Waals surface area contributed by atoms with Crippen molar-refractivity contribution in [2.45, 2.75) is 6.92 Å². The second-order valence-electron chi connectivity index (χ2n) is 3.16. The molecule has 2 aromatic rings.